The van der Waals surface area contributed by atoms with Gasteiger partial charge in [0.2, 0.25) is 12.7 Å². The molecule has 0 saturated carbocycles. The Kier molecular flexibility index (Phi) is 6.65. The number of hydrogen-bond acceptors (Lipinski definition) is 6. The second-order valence-electron chi connectivity index (χ2n) is 8.44. The Balaban J connectivity index is 1.43. The lowest BCUT2D eigenvalue weighted by molar-refractivity contribution is -0.118. The van der Waals surface area contributed by atoms with Gasteiger partial charge in [-0.1, -0.05) is 37.6 Å². The average molecular weight is 466 g/mol. The smallest absolute Gasteiger partial charge is 0.251 e. The number of anilines is 1. The molecule has 2 N–H and O–H groups in total. The minimum absolute atomic E-state index is 0.0893. The van der Waals surface area contributed by atoms with Crippen molar-refractivity contribution in [3.05, 3.63) is 69.7 Å². The zero-order valence-corrected chi connectivity index (χ0v) is 19.9. The van der Waals surface area contributed by atoms with Crippen molar-refractivity contribution in [2.75, 3.05) is 12.1 Å². The fraction of sp³-hybridized carbons (Fsp3) is 0.320. The summed E-state index contributed by atoms with van der Waals surface area (Å²) in [4.78, 5) is 31.2. The fourth-order valence-corrected chi connectivity index (χ4v) is 4.53. The van der Waals surface area contributed by atoms with Gasteiger partial charge in [0.25, 0.3) is 5.91 Å². The van der Waals surface area contributed by atoms with Crippen LogP contribution in [-0.4, -0.2) is 29.6 Å². The van der Waals surface area contributed by atoms with Crippen molar-refractivity contribution in [2.24, 2.45) is 5.92 Å². The molecule has 0 spiro atoms. The van der Waals surface area contributed by atoms with Gasteiger partial charge in [0.1, 0.15) is 6.04 Å². The number of nitrogens with one attached hydrogen (secondary N) is 2. The van der Waals surface area contributed by atoms with Crippen LogP contribution in [0.2, 0.25) is 0 Å². The highest BCUT2D eigenvalue weighted by atomic mass is 32.1. The molecule has 2 amide bonds. The molecule has 172 valence electrons. The lowest BCUT2D eigenvalue weighted by Gasteiger charge is -2.21. The first-order valence-corrected chi connectivity index (χ1v) is 11.6. The topological polar surface area (TPSA) is 89.6 Å². The largest absolute Gasteiger partial charge is 0.454 e. The third-order valence-electron chi connectivity index (χ3n) is 5.47. The van der Waals surface area contributed by atoms with E-state index in [2.05, 4.69) is 15.6 Å². The number of rotatable bonds is 7. The summed E-state index contributed by atoms with van der Waals surface area (Å²) in [6.07, 6.45) is 0.674. The standard InChI is InChI=1S/C25H27N3O4S/c1-14(2)22(27-23(29)18-8-5-15(3)6-9-18)24(30)28-25-26-16(4)21(33-25)12-17-7-10-19-20(11-17)32-13-31-19/h5-11,14,22H,12-13H2,1-4H3,(H,27,29)(H,26,28,30). The number of ether oxygens (including phenoxy) is 2. The van der Waals surface area contributed by atoms with Gasteiger partial charge in [0.05, 0.1) is 5.69 Å². The number of aryl methyl sites for hydroxylation is 2. The number of benzene rings is 2. The maximum atomic E-state index is 13.0. The van der Waals surface area contributed by atoms with E-state index in [1.54, 1.807) is 12.1 Å². The summed E-state index contributed by atoms with van der Waals surface area (Å²) in [6.45, 7) is 7.93. The van der Waals surface area contributed by atoms with Gasteiger partial charge in [-0.05, 0) is 49.6 Å². The number of carbonyl (C=O) groups is 2. The summed E-state index contributed by atoms with van der Waals surface area (Å²) in [5.74, 6) is 0.845. The van der Waals surface area contributed by atoms with E-state index in [4.69, 9.17) is 9.47 Å². The van der Waals surface area contributed by atoms with Crippen LogP contribution < -0.4 is 20.1 Å². The molecule has 1 aliphatic heterocycles. The van der Waals surface area contributed by atoms with Crippen LogP contribution in [0.1, 0.15) is 45.9 Å². The Morgan fingerprint density at radius 1 is 1.06 bits per heavy atom. The molecule has 0 bridgehead atoms. The van der Waals surface area contributed by atoms with E-state index < -0.39 is 6.04 Å². The van der Waals surface area contributed by atoms with E-state index in [9.17, 15) is 9.59 Å². The molecular formula is C25H27N3O4S. The number of nitrogens with zero attached hydrogens (tertiary/aromatic N) is 1. The van der Waals surface area contributed by atoms with E-state index in [0.29, 0.717) is 17.1 Å². The van der Waals surface area contributed by atoms with E-state index >= 15 is 0 Å². The van der Waals surface area contributed by atoms with Crippen molar-refractivity contribution >= 4 is 28.3 Å². The molecular weight excluding hydrogens is 438 g/mol. The minimum atomic E-state index is -0.680. The third kappa shape index (κ3) is 5.34. The van der Waals surface area contributed by atoms with Crippen LogP contribution in [0, 0.1) is 19.8 Å². The van der Waals surface area contributed by atoms with Crippen molar-refractivity contribution in [2.45, 2.75) is 40.2 Å². The highest BCUT2D eigenvalue weighted by Crippen LogP contribution is 2.34. The lowest BCUT2D eigenvalue weighted by atomic mass is 10.0. The molecule has 0 saturated heterocycles. The molecule has 1 atom stereocenters. The zero-order chi connectivity index (χ0) is 23.5. The van der Waals surface area contributed by atoms with Gasteiger partial charge in [-0.25, -0.2) is 4.98 Å². The molecule has 2 heterocycles. The van der Waals surface area contributed by atoms with E-state index in [1.165, 1.54) is 11.3 Å². The Morgan fingerprint density at radius 3 is 2.52 bits per heavy atom. The Hall–Kier alpha value is -3.39. The summed E-state index contributed by atoms with van der Waals surface area (Å²) in [7, 11) is 0. The van der Waals surface area contributed by atoms with Gasteiger partial charge >= 0.3 is 0 Å². The molecule has 8 heteroatoms. The fourth-order valence-electron chi connectivity index (χ4n) is 3.53. The van der Waals surface area contributed by atoms with E-state index in [0.717, 1.165) is 33.2 Å². The van der Waals surface area contributed by atoms with Crippen molar-refractivity contribution in [1.29, 1.82) is 0 Å². The minimum Gasteiger partial charge on any atom is -0.454 e. The number of hydrogen-bond donors (Lipinski definition) is 2. The maximum absolute atomic E-state index is 13.0. The Labute approximate surface area is 197 Å². The first-order valence-electron chi connectivity index (χ1n) is 10.8. The van der Waals surface area contributed by atoms with Crippen LogP contribution in [0.3, 0.4) is 0 Å². The van der Waals surface area contributed by atoms with Crippen LogP contribution in [-0.2, 0) is 11.2 Å². The molecule has 2 aromatic carbocycles. The lowest BCUT2D eigenvalue weighted by Crippen LogP contribution is -2.47. The van der Waals surface area contributed by atoms with Crippen LogP contribution in [0.5, 0.6) is 11.5 Å². The van der Waals surface area contributed by atoms with Crippen molar-refractivity contribution in [1.82, 2.24) is 10.3 Å². The summed E-state index contributed by atoms with van der Waals surface area (Å²) in [6, 6.07) is 12.5. The molecule has 7 nitrogen and oxygen atoms in total. The van der Waals surface area contributed by atoms with Crippen molar-refractivity contribution in [3.8, 4) is 11.5 Å². The van der Waals surface area contributed by atoms with Crippen LogP contribution in [0.4, 0.5) is 5.13 Å². The van der Waals surface area contributed by atoms with Gasteiger partial charge in [0.15, 0.2) is 16.6 Å². The van der Waals surface area contributed by atoms with Crippen LogP contribution in [0.15, 0.2) is 42.5 Å². The van der Waals surface area contributed by atoms with Crippen LogP contribution in [0.25, 0.3) is 0 Å². The first kappa shape index (κ1) is 22.8. The van der Waals surface area contributed by atoms with E-state index in [1.807, 2.05) is 58.0 Å². The summed E-state index contributed by atoms with van der Waals surface area (Å²) in [5.41, 5.74) is 3.53. The molecule has 33 heavy (non-hydrogen) atoms. The highest BCUT2D eigenvalue weighted by Gasteiger charge is 2.26. The number of carbonyl (C=O) groups excluding carboxylic acids is 2. The van der Waals surface area contributed by atoms with E-state index in [-0.39, 0.29) is 24.5 Å². The van der Waals surface area contributed by atoms with Gasteiger partial charge in [-0.2, -0.15) is 0 Å². The summed E-state index contributed by atoms with van der Waals surface area (Å²) >= 11 is 1.43. The normalized spacial score (nSPS) is 13.1. The first-order chi connectivity index (χ1) is 15.8. The molecule has 1 aromatic heterocycles. The monoisotopic (exact) mass is 465 g/mol. The number of amides is 2. The van der Waals surface area contributed by atoms with Crippen molar-refractivity contribution < 1.29 is 19.1 Å². The van der Waals surface area contributed by atoms with Gasteiger partial charge in [-0.15, -0.1) is 11.3 Å². The Bertz CT molecular complexity index is 1170. The molecule has 0 fully saturated rings. The maximum Gasteiger partial charge on any atom is 0.251 e. The second kappa shape index (κ2) is 9.62. The van der Waals surface area contributed by atoms with Crippen molar-refractivity contribution in [3.63, 3.8) is 0 Å². The number of thiazole rings is 1. The van der Waals surface area contributed by atoms with Gasteiger partial charge < -0.3 is 20.1 Å². The van der Waals surface area contributed by atoms with Gasteiger partial charge in [-0.3, -0.25) is 9.59 Å². The SMILES string of the molecule is Cc1ccc(C(=O)NC(C(=O)Nc2nc(C)c(Cc3ccc4c(c3)OCO4)s2)C(C)C)cc1. The molecule has 3 aromatic rings. The highest BCUT2D eigenvalue weighted by molar-refractivity contribution is 7.15. The van der Waals surface area contributed by atoms with Gasteiger partial charge in [0, 0.05) is 16.9 Å². The number of fused-ring (bicyclic) bond motifs is 1. The predicted octanol–water partition coefficient (Wildman–Crippen LogP) is 4.47. The number of aromatic nitrogens is 1. The second-order valence-corrected chi connectivity index (χ2v) is 9.53. The molecule has 0 aliphatic carbocycles. The summed E-state index contributed by atoms with van der Waals surface area (Å²) in [5, 5.41) is 6.26. The Morgan fingerprint density at radius 2 is 1.79 bits per heavy atom. The molecule has 0 radical (unpaired) electrons. The molecule has 1 aliphatic rings. The summed E-state index contributed by atoms with van der Waals surface area (Å²) < 4.78 is 10.8. The van der Waals surface area contributed by atoms with Crippen LogP contribution >= 0.6 is 11.3 Å². The zero-order valence-electron chi connectivity index (χ0n) is 19.1. The quantitative estimate of drug-likeness (QED) is 0.537. The molecule has 4 rings (SSSR count). The predicted molar refractivity (Wildman–Crippen MR) is 128 cm³/mol. The average Bonchev–Trinajstić information content (AvgIpc) is 3.37. The third-order valence-corrected chi connectivity index (χ3v) is 6.55. The molecule has 1 unspecified atom stereocenters.